The van der Waals surface area contributed by atoms with Gasteiger partial charge in [-0.2, -0.15) is 0 Å². The quantitative estimate of drug-likeness (QED) is 0.783. The number of hydrogen-bond donors (Lipinski definition) is 2. The third-order valence-electron chi connectivity index (χ3n) is 3.08. The lowest BCUT2D eigenvalue weighted by molar-refractivity contribution is 0.112. The van der Waals surface area contributed by atoms with Gasteiger partial charge in [-0.15, -0.1) is 0 Å². The van der Waals surface area contributed by atoms with E-state index in [0.29, 0.717) is 19.6 Å². The zero-order valence-corrected chi connectivity index (χ0v) is 9.61. The standard InChI is InChI=1S/C12H15FN2O2/c1-8-6-9(13)2-3-10(8)11-7-14-4-5-15(11)12(16)17/h2-3,6,11,14H,4-5,7H2,1H3,(H,16,17)/t11-/m1/s1. The summed E-state index contributed by atoms with van der Waals surface area (Å²) in [4.78, 5) is 12.5. The van der Waals surface area contributed by atoms with Gasteiger partial charge in [0.2, 0.25) is 0 Å². The number of halogens is 1. The van der Waals surface area contributed by atoms with Crippen LogP contribution >= 0.6 is 0 Å². The van der Waals surface area contributed by atoms with E-state index in [2.05, 4.69) is 5.32 Å². The number of hydrogen-bond acceptors (Lipinski definition) is 2. The average molecular weight is 238 g/mol. The third kappa shape index (κ3) is 2.39. The van der Waals surface area contributed by atoms with E-state index in [0.717, 1.165) is 11.1 Å². The fraction of sp³-hybridized carbons (Fsp3) is 0.417. The van der Waals surface area contributed by atoms with E-state index < -0.39 is 6.09 Å². The summed E-state index contributed by atoms with van der Waals surface area (Å²) in [6.45, 7) is 3.48. The van der Waals surface area contributed by atoms with Gasteiger partial charge >= 0.3 is 6.09 Å². The Morgan fingerprint density at radius 2 is 2.35 bits per heavy atom. The molecule has 1 aliphatic heterocycles. The first-order chi connectivity index (χ1) is 8.09. The molecule has 1 fully saturated rings. The predicted octanol–water partition coefficient (Wildman–Crippen LogP) is 1.76. The highest BCUT2D eigenvalue weighted by molar-refractivity contribution is 5.66. The summed E-state index contributed by atoms with van der Waals surface area (Å²) in [6, 6.07) is 4.24. The number of aryl methyl sites for hydroxylation is 1. The highest BCUT2D eigenvalue weighted by Gasteiger charge is 2.28. The van der Waals surface area contributed by atoms with Crippen LogP contribution in [0.5, 0.6) is 0 Å². The number of nitrogens with one attached hydrogen (secondary N) is 1. The summed E-state index contributed by atoms with van der Waals surface area (Å²) < 4.78 is 13.0. The Labute approximate surface area is 99.0 Å². The molecule has 0 radical (unpaired) electrons. The van der Waals surface area contributed by atoms with Crippen LogP contribution in [0, 0.1) is 12.7 Å². The van der Waals surface area contributed by atoms with E-state index >= 15 is 0 Å². The van der Waals surface area contributed by atoms with Crippen molar-refractivity contribution < 1.29 is 14.3 Å². The van der Waals surface area contributed by atoms with Crippen molar-refractivity contribution in [1.29, 1.82) is 0 Å². The zero-order chi connectivity index (χ0) is 12.4. The van der Waals surface area contributed by atoms with Gasteiger partial charge in [-0.25, -0.2) is 9.18 Å². The molecule has 1 heterocycles. The second-order valence-corrected chi connectivity index (χ2v) is 4.20. The summed E-state index contributed by atoms with van der Waals surface area (Å²) in [7, 11) is 0. The van der Waals surface area contributed by atoms with Gasteiger partial charge in [0, 0.05) is 19.6 Å². The van der Waals surface area contributed by atoms with Crippen LogP contribution in [-0.2, 0) is 0 Å². The lowest BCUT2D eigenvalue weighted by Gasteiger charge is -2.35. The van der Waals surface area contributed by atoms with Gasteiger partial charge in [-0.3, -0.25) is 4.90 Å². The van der Waals surface area contributed by atoms with Gasteiger partial charge in [0.05, 0.1) is 6.04 Å². The Hall–Kier alpha value is -1.62. The maximum atomic E-state index is 13.0. The molecule has 2 rings (SSSR count). The number of nitrogens with zero attached hydrogens (tertiary/aromatic N) is 1. The van der Waals surface area contributed by atoms with E-state index in [9.17, 15) is 9.18 Å². The summed E-state index contributed by atoms with van der Waals surface area (Å²) in [5.41, 5.74) is 1.64. The van der Waals surface area contributed by atoms with Gasteiger partial charge in [-0.1, -0.05) is 6.07 Å². The number of carboxylic acid groups (broad SMARTS) is 1. The molecule has 1 aliphatic rings. The molecule has 0 aromatic heterocycles. The Kier molecular flexibility index (Phi) is 3.28. The van der Waals surface area contributed by atoms with Crippen molar-refractivity contribution in [3.63, 3.8) is 0 Å². The van der Waals surface area contributed by atoms with E-state index in [1.54, 1.807) is 13.0 Å². The summed E-state index contributed by atoms with van der Waals surface area (Å²) in [5.74, 6) is -0.295. The van der Waals surface area contributed by atoms with Crippen molar-refractivity contribution in [1.82, 2.24) is 10.2 Å². The number of amides is 1. The molecule has 2 N–H and O–H groups in total. The molecule has 0 spiro atoms. The Morgan fingerprint density at radius 3 is 3.00 bits per heavy atom. The van der Waals surface area contributed by atoms with E-state index in [1.165, 1.54) is 17.0 Å². The van der Waals surface area contributed by atoms with Crippen molar-refractivity contribution in [3.8, 4) is 0 Å². The predicted molar refractivity (Wildman–Crippen MR) is 61.5 cm³/mol. The topological polar surface area (TPSA) is 52.6 Å². The van der Waals surface area contributed by atoms with E-state index in [-0.39, 0.29) is 11.9 Å². The molecular formula is C12H15FN2O2. The van der Waals surface area contributed by atoms with Crippen molar-refractivity contribution >= 4 is 6.09 Å². The van der Waals surface area contributed by atoms with Crippen LogP contribution in [0.3, 0.4) is 0 Å². The Bertz CT molecular complexity index is 437. The highest BCUT2D eigenvalue weighted by Crippen LogP contribution is 2.25. The molecule has 0 unspecified atom stereocenters. The SMILES string of the molecule is Cc1cc(F)ccc1[C@H]1CNCCN1C(=O)O. The summed E-state index contributed by atoms with van der Waals surface area (Å²) >= 11 is 0. The fourth-order valence-corrected chi connectivity index (χ4v) is 2.22. The van der Waals surface area contributed by atoms with Crippen LogP contribution in [0.1, 0.15) is 17.2 Å². The molecule has 1 aromatic rings. The average Bonchev–Trinajstić information content (AvgIpc) is 2.29. The normalized spacial score (nSPS) is 20.4. The summed E-state index contributed by atoms with van der Waals surface area (Å²) in [6.07, 6.45) is -0.930. The van der Waals surface area contributed by atoms with Crippen molar-refractivity contribution in [3.05, 3.63) is 35.1 Å². The molecule has 0 aliphatic carbocycles. The molecule has 1 aromatic carbocycles. The number of rotatable bonds is 1. The lowest BCUT2D eigenvalue weighted by atomic mass is 9.98. The highest BCUT2D eigenvalue weighted by atomic mass is 19.1. The van der Waals surface area contributed by atoms with Crippen LogP contribution in [0.2, 0.25) is 0 Å². The lowest BCUT2D eigenvalue weighted by Crippen LogP contribution is -2.48. The molecule has 1 saturated heterocycles. The second kappa shape index (κ2) is 4.71. The number of carbonyl (C=O) groups is 1. The van der Waals surface area contributed by atoms with E-state index in [1.807, 2.05) is 0 Å². The van der Waals surface area contributed by atoms with E-state index in [4.69, 9.17) is 5.11 Å². The van der Waals surface area contributed by atoms with Gasteiger partial charge in [0.15, 0.2) is 0 Å². The van der Waals surface area contributed by atoms with Crippen molar-refractivity contribution in [2.45, 2.75) is 13.0 Å². The van der Waals surface area contributed by atoms with Gasteiger partial charge in [-0.05, 0) is 30.2 Å². The van der Waals surface area contributed by atoms with Crippen LogP contribution in [0.15, 0.2) is 18.2 Å². The molecule has 0 bridgehead atoms. The summed E-state index contributed by atoms with van der Waals surface area (Å²) in [5, 5.41) is 12.3. The monoisotopic (exact) mass is 238 g/mol. The third-order valence-corrected chi connectivity index (χ3v) is 3.08. The van der Waals surface area contributed by atoms with Crippen molar-refractivity contribution in [2.24, 2.45) is 0 Å². The first-order valence-electron chi connectivity index (χ1n) is 5.56. The minimum absolute atomic E-state index is 0.234. The van der Waals surface area contributed by atoms with Gasteiger partial charge in [0.25, 0.3) is 0 Å². The maximum Gasteiger partial charge on any atom is 0.407 e. The fourth-order valence-electron chi connectivity index (χ4n) is 2.22. The molecule has 1 amide bonds. The van der Waals surface area contributed by atoms with Crippen LogP contribution in [0.4, 0.5) is 9.18 Å². The zero-order valence-electron chi connectivity index (χ0n) is 9.61. The Balaban J connectivity index is 2.32. The first kappa shape index (κ1) is 11.9. The van der Waals surface area contributed by atoms with Gasteiger partial charge in [0.1, 0.15) is 5.82 Å². The minimum atomic E-state index is -0.930. The molecule has 5 heteroatoms. The van der Waals surface area contributed by atoms with Crippen LogP contribution < -0.4 is 5.32 Å². The smallest absolute Gasteiger partial charge is 0.407 e. The number of benzene rings is 1. The van der Waals surface area contributed by atoms with Crippen LogP contribution in [0.25, 0.3) is 0 Å². The molecular weight excluding hydrogens is 223 g/mol. The Morgan fingerprint density at radius 1 is 1.59 bits per heavy atom. The number of piperazine rings is 1. The largest absolute Gasteiger partial charge is 0.465 e. The molecule has 4 nitrogen and oxygen atoms in total. The van der Waals surface area contributed by atoms with Gasteiger partial charge < -0.3 is 10.4 Å². The second-order valence-electron chi connectivity index (χ2n) is 4.20. The first-order valence-corrected chi connectivity index (χ1v) is 5.56. The maximum absolute atomic E-state index is 13.0. The molecule has 17 heavy (non-hydrogen) atoms. The van der Waals surface area contributed by atoms with Crippen molar-refractivity contribution in [2.75, 3.05) is 19.6 Å². The minimum Gasteiger partial charge on any atom is -0.465 e. The molecule has 0 saturated carbocycles. The van der Waals surface area contributed by atoms with Crippen LogP contribution in [-0.4, -0.2) is 35.7 Å². The molecule has 92 valence electrons. The molecule has 1 atom stereocenters.